The van der Waals surface area contributed by atoms with Crippen molar-refractivity contribution in [1.82, 2.24) is 16.0 Å². The Kier molecular flexibility index (Phi) is 7.48. The van der Waals surface area contributed by atoms with Gasteiger partial charge in [0, 0.05) is 12.6 Å². The molecule has 28 heavy (non-hydrogen) atoms. The summed E-state index contributed by atoms with van der Waals surface area (Å²) < 4.78 is 10.2. The van der Waals surface area contributed by atoms with Crippen molar-refractivity contribution in [2.24, 2.45) is 5.92 Å². The summed E-state index contributed by atoms with van der Waals surface area (Å²) in [7, 11) is 0. The molecule has 1 fully saturated rings. The molecule has 1 aromatic heterocycles. The van der Waals surface area contributed by atoms with Gasteiger partial charge in [-0.2, -0.15) is 0 Å². The Hall–Kier alpha value is -2.51. The molecule has 2 atom stereocenters. The normalized spacial score (nSPS) is 16.9. The van der Waals surface area contributed by atoms with E-state index >= 15 is 0 Å². The molecule has 1 aromatic rings. The van der Waals surface area contributed by atoms with Crippen molar-refractivity contribution in [2.75, 3.05) is 6.54 Å². The highest BCUT2D eigenvalue weighted by Crippen LogP contribution is 2.27. The highest BCUT2D eigenvalue weighted by Gasteiger charge is 2.29. The van der Waals surface area contributed by atoms with Crippen LogP contribution >= 0.6 is 0 Å². The molecule has 156 valence electrons. The van der Waals surface area contributed by atoms with Crippen molar-refractivity contribution in [3.63, 3.8) is 0 Å². The van der Waals surface area contributed by atoms with Crippen LogP contribution in [0.25, 0.3) is 0 Å². The van der Waals surface area contributed by atoms with Crippen LogP contribution in [0.1, 0.15) is 63.7 Å². The molecule has 1 aliphatic carbocycles. The molecular formula is C20H31N3O5. The lowest BCUT2D eigenvalue weighted by molar-refractivity contribution is -0.123. The first-order chi connectivity index (χ1) is 13.2. The Morgan fingerprint density at radius 3 is 2.46 bits per heavy atom. The van der Waals surface area contributed by atoms with Gasteiger partial charge in [0.25, 0.3) is 5.91 Å². The SMILES string of the molecule is C[C@@H](NC(=O)c1ccoc1)C(=O)N[C@@H](CNC(=O)OC(C)(C)C)C1CCCC1. The molecule has 8 nitrogen and oxygen atoms in total. The van der Waals surface area contributed by atoms with Crippen molar-refractivity contribution in [1.29, 1.82) is 0 Å². The molecule has 0 aromatic carbocycles. The summed E-state index contributed by atoms with van der Waals surface area (Å²) in [6.07, 6.45) is 6.43. The van der Waals surface area contributed by atoms with Gasteiger partial charge in [-0.15, -0.1) is 0 Å². The van der Waals surface area contributed by atoms with Gasteiger partial charge in [0.2, 0.25) is 5.91 Å². The third kappa shape index (κ3) is 6.90. The summed E-state index contributed by atoms with van der Waals surface area (Å²) in [5.74, 6) is -0.379. The topological polar surface area (TPSA) is 110 Å². The van der Waals surface area contributed by atoms with Gasteiger partial charge in [-0.1, -0.05) is 12.8 Å². The fourth-order valence-corrected chi connectivity index (χ4v) is 3.25. The molecule has 3 amide bonds. The maximum Gasteiger partial charge on any atom is 0.407 e. The third-order valence-corrected chi connectivity index (χ3v) is 4.69. The van der Waals surface area contributed by atoms with Gasteiger partial charge in [-0.3, -0.25) is 9.59 Å². The lowest BCUT2D eigenvalue weighted by Gasteiger charge is -2.27. The second-order valence-corrected chi connectivity index (χ2v) is 8.25. The van der Waals surface area contributed by atoms with E-state index in [2.05, 4.69) is 16.0 Å². The van der Waals surface area contributed by atoms with Crippen LogP contribution in [0.15, 0.2) is 23.0 Å². The number of hydrogen-bond acceptors (Lipinski definition) is 5. The van der Waals surface area contributed by atoms with Gasteiger partial charge < -0.3 is 25.1 Å². The smallest absolute Gasteiger partial charge is 0.407 e. The summed E-state index contributed by atoms with van der Waals surface area (Å²) in [4.78, 5) is 36.6. The molecular weight excluding hydrogens is 362 g/mol. The molecule has 0 aliphatic heterocycles. The zero-order valence-corrected chi connectivity index (χ0v) is 17.0. The molecule has 8 heteroatoms. The van der Waals surface area contributed by atoms with Crippen molar-refractivity contribution in [3.05, 3.63) is 24.2 Å². The molecule has 0 unspecified atom stereocenters. The van der Waals surface area contributed by atoms with Crippen molar-refractivity contribution in [3.8, 4) is 0 Å². The Balaban J connectivity index is 1.90. The lowest BCUT2D eigenvalue weighted by atomic mass is 9.97. The van der Waals surface area contributed by atoms with Crippen LogP contribution < -0.4 is 16.0 Å². The predicted molar refractivity (Wildman–Crippen MR) is 104 cm³/mol. The van der Waals surface area contributed by atoms with Gasteiger partial charge in [0.1, 0.15) is 17.9 Å². The zero-order valence-electron chi connectivity index (χ0n) is 17.0. The number of carbonyl (C=O) groups excluding carboxylic acids is 3. The minimum atomic E-state index is -0.715. The van der Waals surface area contributed by atoms with Crippen LogP contribution in [0.5, 0.6) is 0 Å². The Bertz CT molecular complexity index is 660. The molecule has 1 saturated carbocycles. The van der Waals surface area contributed by atoms with Crippen LogP contribution in [0.2, 0.25) is 0 Å². The highest BCUT2D eigenvalue weighted by molar-refractivity contribution is 5.97. The molecule has 0 spiro atoms. The fourth-order valence-electron chi connectivity index (χ4n) is 3.25. The number of amides is 3. The van der Waals surface area contributed by atoms with E-state index in [9.17, 15) is 14.4 Å². The second kappa shape index (κ2) is 9.61. The first-order valence-corrected chi connectivity index (χ1v) is 9.76. The Morgan fingerprint density at radius 2 is 1.89 bits per heavy atom. The molecule has 2 rings (SSSR count). The van der Waals surface area contributed by atoms with Gasteiger partial charge in [0.05, 0.1) is 11.8 Å². The average Bonchev–Trinajstić information content (AvgIpc) is 3.29. The number of nitrogens with one attached hydrogen (secondary N) is 3. The predicted octanol–water partition coefficient (Wildman–Crippen LogP) is 2.60. The highest BCUT2D eigenvalue weighted by atomic mass is 16.6. The standard InChI is InChI=1S/C20H31N3O5/c1-13(22-18(25)15-9-10-27-12-15)17(24)23-16(14-7-5-6-8-14)11-21-19(26)28-20(2,3)4/h9-10,12-14,16H,5-8,11H2,1-4H3,(H,21,26)(H,22,25)(H,23,24)/t13-,16+/m1/s1. The lowest BCUT2D eigenvalue weighted by Crippen LogP contribution is -2.53. The van der Waals surface area contributed by atoms with E-state index in [0.717, 1.165) is 25.7 Å². The number of ether oxygens (including phenoxy) is 1. The van der Waals surface area contributed by atoms with Crippen molar-refractivity contribution >= 4 is 17.9 Å². The zero-order chi connectivity index (χ0) is 20.7. The first-order valence-electron chi connectivity index (χ1n) is 9.76. The maximum absolute atomic E-state index is 12.6. The van der Waals surface area contributed by atoms with Crippen LogP contribution in [-0.4, -0.2) is 42.1 Å². The van der Waals surface area contributed by atoms with E-state index in [0.29, 0.717) is 5.56 Å². The number of furan rings is 1. The molecule has 1 heterocycles. The molecule has 0 radical (unpaired) electrons. The summed E-state index contributed by atoms with van der Waals surface area (Å²) in [6.45, 7) is 7.31. The molecule has 1 aliphatic rings. The number of hydrogen-bond donors (Lipinski definition) is 3. The quantitative estimate of drug-likeness (QED) is 0.660. The fraction of sp³-hybridized carbons (Fsp3) is 0.650. The van der Waals surface area contributed by atoms with E-state index in [-0.39, 0.29) is 30.3 Å². The van der Waals surface area contributed by atoms with E-state index < -0.39 is 17.7 Å². The summed E-state index contributed by atoms with van der Waals surface area (Å²) in [6, 6.07) is 0.607. The minimum Gasteiger partial charge on any atom is -0.472 e. The van der Waals surface area contributed by atoms with E-state index in [1.807, 2.05) is 0 Å². The Labute approximate surface area is 165 Å². The summed E-state index contributed by atoms with van der Waals surface area (Å²) >= 11 is 0. The largest absolute Gasteiger partial charge is 0.472 e. The van der Waals surface area contributed by atoms with Crippen molar-refractivity contribution < 1.29 is 23.5 Å². The summed E-state index contributed by atoms with van der Waals surface area (Å²) in [5, 5.41) is 8.38. The minimum absolute atomic E-state index is 0.212. The van der Waals surface area contributed by atoms with E-state index in [4.69, 9.17) is 9.15 Å². The van der Waals surface area contributed by atoms with Gasteiger partial charge >= 0.3 is 6.09 Å². The van der Waals surface area contributed by atoms with E-state index in [1.54, 1.807) is 27.7 Å². The van der Waals surface area contributed by atoms with Crippen LogP contribution in [0.3, 0.4) is 0 Å². The monoisotopic (exact) mass is 393 g/mol. The molecule has 0 bridgehead atoms. The van der Waals surface area contributed by atoms with Crippen LogP contribution in [0, 0.1) is 5.92 Å². The maximum atomic E-state index is 12.6. The molecule has 3 N–H and O–H groups in total. The third-order valence-electron chi connectivity index (χ3n) is 4.69. The van der Waals surface area contributed by atoms with Crippen LogP contribution in [0.4, 0.5) is 4.79 Å². The molecule has 0 saturated heterocycles. The van der Waals surface area contributed by atoms with Gasteiger partial charge in [-0.05, 0) is 52.5 Å². The average molecular weight is 393 g/mol. The second-order valence-electron chi connectivity index (χ2n) is 8.25. The van der Waals surface area contributed by atoms with Gasteiger partial charge in [-0.25, -0.2) is 4.79 Å². The number of rotatable bonds is 7. The van der Waals surface area contributed by atoms with Crippen molar-refractivity contribution in [2.45, 2.75) is 71.1 Å². The Morgan fingerprint density at radius 1 is 1.21 bits per heavy atom. The summed E-state index contributed by atoms with van der Waals surface area (Å²) in [5.41, 5.74) is -0.221. The first kappa shape index (κ1) is 21.8. The number of carbonyl (C=O) groups is 3. The number of alkyl carbamates (subject to hydrolysis) is 1. The van der Waals surface area contributed by atoms with Gasteiger partial charge in [0.15, 0.2) is 0 Å². The van der Waals surface area contributed by atoms with E-state index in [1.165, 1.54) is 18.6 Å². The van der Waals surface area contributed by atoms with Crippen LogP contribution in [-0.2, 0) is 9.53 Å².